The van der Waals surface area contributed by atoms with E-state index in [0.717, 1.165) is 25.0 Å². The third-order valence-electron chi connectivity index (χ3n) is 4.61. The number of nitrogens with one attached hydrogen (secondary N) is 1. The van der Waals surface area contributed by atoms with Gasteiger partial charge in [0.25, 0.3) is 0 Å². The average Bonchev–Trinajstić information content (AvgIpc) is 3.06. The van der Waals surface area contributed by atoms with E-state index in [-0.39, 0.29) is 5.76 Å². The molecule has 2 aromatic rings. The first-order valence-electron chi connectivity index (χ1n) is 8.11. The van der Waals surface area contributed by atoms with Gasteiger partial charge in [-0.15, -0.1) is 0 Å². The van der Waals surface area contributed by atoms with Crippen LogP contribution < -0.4 is 11.1 Å². The number of para-hydroxylation sites is 2. The first-order chi connectivity index (χ1) is 10.3. The maximum absolute atomic E-state index is 12.0. The van der Waals surface area contributed by atoms with E-state index in [1.54, 1.807) is 4.57 Å². The van der Waals surface area contributed by atoms with Crippen LogP contribution >= 0.6 is 0 Å². The van der Waals surface area contributed by atoms with Crippen molar-refractivity contribution in [3.63, 3.8) is 0 Å². The van der Waals surface area contributed by atoms with Crippen molar-refractivity contribution in [1.29, 1.82) is 0 Å². The fourth-order valence-electron chi connectivity index (χ4n) is 3.50. The van der Waals surface area contributed by atoms with Crippen LogP contribution in [0.15, 0.2) is 33.5 Å². The summed E-state index contributed by atoms with van der Waals surface area (Å²) < 4.78 is 7.08. The second-order valence-electron chi connectivity index (χ2n) is 6.03. The normalized spacial score (nSPS) is 22.1. The zero-order chi connectivity index (χ0) is 14.7. The van der Waals surface area contributed by atoms with Gasteiger partial charge in [-0.2, -0.15) is 0 Å². The molecule has 1 saturated carbocycles. The lowest BCUT2D eigenvalue weighted by atomic mass is 9.99. The molecule has 114 valence electrons. The van der Waals surface area contributed by atoms with Crippen molar-refractivity contribution in [2.24, 2.45) is 5.92 Å². The Balaban J connectivity index is 1.69. The Labute approximate surface area is 125 Å². The molecule has 4 heteroatoms. The predicted molar refractivity (Wildman–Crippen MR) is 84.5 cm³/mol. The Morgan fingerprint density at radius 3 is 3.05 bits per heavy atom. The lowest BCUT2D eigenvalue weighted by Crippen LogP contribution is -2.33. The molecule has 0 radical (unpaired) electrons. The molecule has 1 N–H and O–H groups in total. The van der Waals surface area contributed by atoms with E-state index in [1.807, 2.05) is 24.3 Å². The highest BCUT2D eigenvalue weighted by Crippen LogP contribution is 2.29. The minimum Gasteiger partial charge on any atom is -0.408 e. The molecule has 0 saturated heterocycles. The van der Waals surface area contributed by atoms with E-state index < -0.39 is 0 Å². The smallest absolute Gasteiger partial charge is 0.408 e. The van der Waals surface area contributed by atoms with Gasteiger partial charge in [-0.1, -0.05) is 25.5 Å². The number of nitrogens with zero attached hydrogens (tertiary/aromatic N) is 1. The first-order valence-corrected chi connectivity index (χ1v) is 8.11. The molecule has 1 aromatic carbocycles. The topological polar surface area (TPSA) is 47.2 Å². The second kappa shape index (κ2) is 6.48. The number of aryl methyl sites for hydroxylation is 1. The van der Waals surface area contributed by atoms with Crippen LogP contribution in [0.2, 0.25) is 0 Å². The summed E-state index contributed by atoms with van der Waals surface area (Å²) >= 11 is 0. The number of rotatable bonds is 6. The van der Waals surface area contributed by atoms with E-state index in [1.165, 1.54) is 25.7 Å². The van der Waals surface area contributed by atoms with Crippen molar-refractivity contribution >= 4 is 11.1 Å². The summed E-state index contributed by atoms with van der Waals surface area (Å²) in [7, 11) is 0. The molecule has 1 heterocycles. The molecule has 1 aliphatic rings. The van der Waals surface area contributed by atoms with Crippen LogP contribution in [0.25, 0.3) is 11.1 Å². The number of fused-ring (bicyclic) bond motifs is 1. The van der Waals surface area contributed by atoms with Crippen molar-refractivity contribution in [2.45, 2.75) is 51.6 Å². The maximum Gasteiger partial charge on any atom is 0.419 e. The lowest BCUT2D eigenvalue weighted by Gasteiger charge is -2.20. The lowest BCUT2D eigenvalue weighted by molar-refractivity contribution is 0.356. The number of oxazole rings is 1. The molecule has 0 spiro atoms. The number of aromatic nitrogens is 1. The molecule has 0 bridgehead atoms. The van der Waals surface area contributed by atoms with Crippen molar-refractivity contribution in [3.05, 3.63) is 34.8 Å². The highest BCUT2D eigenvalue weighted by atomic mass is 16.4. The van der Waals surface area contributed by atoms with E-state index in [9.17, 15) is 4.79 Å². The molecule has 1 aliphatic carbocycles. The molecule has 2 unspecified atom stereocenters. The Bertz CT molecular complexity index is 644. The van der Waals surface area contributed by atoms with Gasteiger partial charge in [-0.3, -0.25) is 4.57 Å². The van der Waals surface area contributed by atoms with Crippen LogP contribution in [0.1, 0.15) is 39.0 Å². The largest absolute Gasteiger partial charge is 0.419 e. The first kappa shape index (κ1) is 14.4. The van der Waals surface area contributed by atoms with E-state index in [4.69, 9.17) is 4.42 Å². The van der Waals surface area contributed by atoms with Gasteiger partial charge in [0.2, 0.25) is 0 Å². The van der Waals surface area contributed by atoms with Crippen LogP contribution in [-0.4, -0.2) is 17.2 Å². The summed E-state index contributed by atoms with van der Waals surface area (Å²) in [6.45, 7) is 4.05. The fourth-order valence-corrected chi connectivity index (χ4v) is 3.50. The Morgan fingerprint density at radius 1 is 1.33 bits per heavy atom. The Hall–Kier alpha value is -1.55. The van der Waals surface area contributed by atoms with Gasteiger partial charge >= 0.3 is 5.76 Å². The van der Waals surface area contributed by atoms with Gasteiger partial charge in [0, 0.05) is 12.6 Å². The number of benzene rings is 1. The van der Waals surface area contributed by atoms with Gasteiger partial charge in [0.05, 0.1) is 5.52 Å². The zero-order valence-corrected chi connectivity index (χ0v) is 12.7. The standard InChI is InChI=1S/C17H24N2O2/c1-2-11-18-14-7-5-6-13(14)10-12-19-15-8-3-4-9-16(15)21-17(19)20/h3-4,8-9,13-14,18H,2,5-7,10-12H2,1H3. The van der Waals surface area contributed by atoms with E-state index in [2.05, 4.69) is 12.2 Å². The minimum absolute atomic E-state index is 0.229. The molecule has 0 amide bonds. The van der Waals surface area contributed by atoms with Crippen molar-refractivity contribution in [3.8, 4) is 0 Å². The molecule has 0 aliphatic heterocycles. The van der Waals surface area contributed by atoms with Gasteiger partial charge in [-0.25, -0.2) is 4.79 Å². The minimum atomic E-state index is -0.229. The molecule has 1 fully saturated rings. The predicted octanol–water partition coefficient (Wildman–Crippen LogP) is 3.15. The summed E-state index contributed by atoms with van der Waals surface area (Å²) in [6.07, 6.45) is 6.06. The highest BCUT2D eigenvalue weighted by molar-refractivity contribution is 5.72. The Kier molecular flexibility index (Phi) is 4.44. The van der Waals surface area contributed by atoms with Crippen LogP contribution in [0, 0.1) is 5.92 Å². The second-order valence-corrected chi connectivity index (χ2v) is 6.03. The van der Waals surface area contributed by atoms with Crippen LogP contribution in [-0.2, 0) is 6.54 Å². The SMILES string of the molecule is CCCNC1CCCC1CCn1c(=O)oc2ccccc21. The summed E-state index contributed by atoms with van der Waals surface area (Å²) in [6, 6.07) is 8.29. The third kappa shape index (κ3) is 3.05. The summed E-state index contributed by atoms with van der Waals surface area (Å²) in [5.74, 6) is 0.448. The summed E-state index contributed by atoms with van der Waals surface area (Å²) in [5, 5.41) is 3.65. The summed E-state index contributed by atoms with van der Waals surface area (Å²) in [4.78, 5) is 12.0. The molecule has 4 nitrogen and oxygen atoms in total. The third-order valence-corrected chi connectivity index (χ3v) is 4.61. The van der Waals surface area contributed by atoms with Crippen LogP contribution in [0.5, 0.6) is 0 Å². The van der Waals surface area contributed by atoms with Crippen molar-refractivity contribution in [1.82, 2.24) is 9.88 Å². The Morgan fingerprint density at radius 2 is 2.19 bits per heavy atom. The van der Waals surface area contributed by atoms with Gasteiger partial charge < -0.3 is 9.73 Å². The maximum atomic E-state index is 12.0. The highest BCUT2D eigenvalue weighted by Gasteiger charge is 2.26. The van der Waals surface area contributed by atoms with Crippen LogP contribution in [0.3, 0.4) is 0 Å². The monoisotopic (exact) mass is 288 g/mol. The molecule has 21 heavy (non-hydrogen) atoms. The number of hydrogen-bond donors (Lipinski definition) is 1. The average molecular weight is 288 g/mol. The quantitative estimate of drug-likeness (QED) is 0.888. The number of hydrogen-bond acceptors (Lipinski definition) is 3. The van der Waals surface area contributed by atoms with Gasteiger partial charge in [0.15, 0.2) is 5.58 Å². The van der Waals surface area contributed by atoms with Crippen molar-refractivity contribution < 1.29 is 4.42 Å². The molecular formula is C17H24N2O2. The summed E-state index contributed by atoms with van der Waals surface area (Å²) in [5.41, 5.74) is 1.60. The van der Waals surface area contributed by atoms with Gasteiger partial charge in [0.1, 0.15) is 0 Å². The molecular weight excluding hydrogens is 264 g/mol. The van der Waals surface area contributed by atoms with Gasteiger partial charge in [-0.05, 0) is 50.3 Å². The molecule has 1 aromatic heterocycles. The molecule has 2 atom stereocenters. The van der Waals surface area contributed by atoms with E-state index in [0.29, 0.717) is 17.5 Å². The van der Waals surface area contributed by atoms with Crippen LogP contribution in [0.4, 0.5) is 0 Å². The van der Waals surface area contributed by atoms with E-state index >= 15 is 0 Å². The van der Waals surface area contributed by atoms with Crippen molar-refractivity contribution in [2.75, 3.05) is 6.54 Å². The fraction of sp³-hybridized carbons (Fsp3) is 0.588. The zero-order valence-electron chi connectivity index (χ0n) is 12.7. The molecule has 3 rings (SSSR count).